The highest BCUT2D eigenvalue weighted by Crippen LogP contribution is 2.39. The van der Waals surface area contributed by atoms with E-state index in [-0.39, 0.29) is 42.3 Å². The van der Waals surface area contributed by atoms with E-state index < -0.39 is 47.1 Å². The second kappa shape index (κ2) is 11.0. The molecule has 2 aromatic carbocycles. The molecule has 1 N–H and O–H groups in total. The van der Waals surface area contributed by atoms with Gasteiger partial charge in [-0.2, -0.15) is 31.4 Å². The summed E-state index contributed by atoms with van der Waals surface area (Å²) in [4.78, 5) is 27.9. The molecule has 0 spiro atoms. The number of esters is 1. The van der Waals surface area contributed by atoms with Crippen molar-refractivity contribution < 1.29 is 40.7 Å². The van der Waals surface area contributed by atoms with Gasteiger partial charge in [0, 0.05) is 32.9 Å². The minimum absolute atomic E-state index is 0.00966. The number of fused-ring (bicyclic) bond motifs is 1. The van der Waals surface area contributed by atoms with Crippen LogP contribution in [0.15, 0.2) is 42.5 Å². The molecule has 3 aromatic rings. The van der Waals surface area contributed by atoms with Gasteiger partial charge in [0.25, 0.3) is 5.91 Å². The van der Waals surface area contributed by atoms with Crippen LogP contribution >= 0.6 is 0 Å². The van der Waals surface area contributed by atoms with E-state index in [0.29, 0.717) is 5.56 Å². The zero-order valence-corrected chi connectivity index (χ0v) is 22.5. The fraction of sp³-hybridized carbons (Fsp3) is 0.370. The van der Waals surface area contributed by atoms with E-state index in [9.17, 15) is 35.9 Å². The molecule has 0 aliphatic carbocycles. The lowest BCUT2D eigenvalue weighted by molar-refractivity contribution is -0.142. The number of ether oxygens (including phenoxy) is 1. The fourth-order valence-corrected chi connectivity index (χ4v) is 4.60. The summed E-state index contributed by atoms with van der Waals surface area (Å²) in [6.45, 7) is 1.53. The molecule has 0 saturated heterocycles. The predicted octanol–water partition coefficient (Wildman–Crippen LogP) is 5.28. The standard InChI is InChI=1S/C27H27F6N5O3/c1-15(17-5-7-18(8-6-17)25(40)41-4)34-23(39)21-22(27(31,32)33)35-38-10-9-37(24(21)38)14-16-11-19(26(28,29)30)13-20(12-16)36(2)3/h5-8,11-13,15H,9-10,14H2,1-4H3,(H,34,39). The Morgan fingerprint density at radius 1 is 1.02 bits per heavy atom. The Morgan fingerprint density at radius 2 is 1.68 bits per heavy atom. The first-order valence-corrected chi connectivity index (χ1v) is 12.4. The molecule has 1 aromatic heterocycles. The van der Waals surface area contributed by atoms with Crippen molar-refractivity contribution in [2.75, 3.05) is 37.5 Å². The molecule has 1 unspecified atom stereocenters. The molecular formula is C27H27F6N5O3. The van der Waals surface area contributed by atoms with Crippen molar-refractivity contribution in [3.8, 4) is 0 Å². The van der Waals surface area contributed by atoms with E-state index >= 15 is 0 Å². The average molecular weight is 584 g/mol. The van der Waals surface area contributed by atoms with Gasteiger partial charge in [-0.3, -0.25) is 4.79 Å². The molecular weight excluding hydrogens is 556 g/mol. The van der Waals surface area contributed by atoms with Gasteiger partial charge in [-0.15, -0.1) is 0 Å². The lowest BCUT2D eigenvalue weighted by Crippen LogP contribution is -2.31. The lowest BCUT2D eigenvalue weighted by atomic mass is 10.0. The van der Waals surface area contributed by atoms with Gasteiger partial charge in [0.2, 0.25) is 0 Å². The van der Waals surface area contributed by atoms with Gasteiger partial charge in [-0.1, -0.05) is 12.1 Å². The fourth-order valence-electron chi connectivity index (χ4n) is 4.60. The number of methoxy groups -OCH3 is 1. The molecule has 220 valence electrons. The smallest absolute Gasteiger partial charge is 0.436 e. The van der Waals surface area contributed by atoms with Crippen molar-refractivity contribution in [3.63, 3.8) is 0 Å². The van der Waals surface area contributed by atoms with Crippen LogP contribution < -0.4 is 15.1 Å². The van der Waals surface area contributed by atoms with E-state index in [0.717, 1.165) is 16.8 Å². The lowest BCUT2D eigenvalue weighted by Gasteiger charge is -2.23. The second-order valence-electron chi connectivity index (χ2n) is 9.78. The number of carbonyl (C=O) groups is 2. The Hall–Kier alpha value is -4.23. The maximum Gasteiger partial charge on any atom is 0.436 e. The average Bonchev–Trinajstić information content (AvgIpc) is 3.47. The van der Waals surface area contributed by atoms with E-state index in [1.54, 1.807) is 21.0 Å². The molecule has 0 bridgehead atoms. The number of benzene rings is 2. The van der Waals surface area contributed by atoms with Crippen molar-refractivity contribution >= 4 is 23.4 Å². The number of hydrogen-bond acceptors (Lipinski definition) is 6. The summed E-state index contributed by atoms with van der Waals surface area (Å²) in [6, 6.07) is 8.67. The Kier molecular flexibility index (Phi) is 7.96. The van der Waals surface area contributed by atoms with Gasteiger partial charge in [-0.05, 0) is 48.4 Å². The summed E-state index contributed by atoms with van der Waals surface area (Å²) in [5, 5.41) is 6.20. The molecule has 1 aliphatic heterocycles. The van der Waals surface area contributed by atoms with E-state index in [1.165, 1.54) is 47.2 Å². The van der Waals surface area contributed by atoms with Crippen molar-refractivity contribution in [2.24, 2.45) is 0 Å². The molecule has 0 saturated carbocycles. The Labute approximate surface area is 231 Å². The quantitative estimate of drug-likeness (QED) is 0.301. The molecule has 0 fully saturated rings. The Bertz CT molecular complexity index is 1450. The number of amides is 1. The first-order chi connectivity index (χ1) is 19.1. The van der Waals surface area contributed by atoms with E-state index in [4.69, 9.17) is 0 Å². The molecule has 1 atom stereocenters. The van der Waals surface area contributed by atoms with Crippen LogP contribution in [0, 0.1) is 0 Å². The highest BCUT2D eigenvalue weighted by Gasteiger charge is 2.44. The zero-order chi connectivity index (χ0) is 30.3. The van der Waals surface area contributed by atoms with Crippen LogP contribution in [-0.2, 0) is 30.2 Å². The molecule has 4 rings (SSSR count). The van der Waals surface area contributed by atoms with Crippen LogP contribution in [0.3, 0.4) is 0 Å². The Morgan fingerprint density at radius 3 is 2.24 bits per heavy atom. The van der Waals surface area contributed by atoms with Crippen molar-refractivity contribution in [1.29, 1.82) is 0 Å². The molecule has 2 heterocycles. The van der Waals surface area contributed by atoms with Crippen LogP contribution in [0.1, 0.15) is 56.1 Å². The molecule has 41 heavy (non-hydrogen) atoms. The third kappa shape index (κ3) is 6.25. The number of rotatable bonds is 7. The number of halogens is 6. The summed E-state index contributed by atoms with van der Waals surface area (Å²) < 4.78 is 88.4. The number of nitrogens with one attached hydrogen (secondary N) is 1. The number of alkyl halides is 6. The van der Waals surface area contributed by atoms with Gasteiger partial charge in [0.1, 0.15) is 11.4 Å². The number of nitrogens with zero attached hydrogens (tertiary/aromatic N) is 4. The topological polar surface area (TPSA) is 79.7 Å². The minimum atomic E-state index is -4.96. The minimum Gasteiger partial charge on any atom is -0.465 e. The first-order valence-electron chi connectivity index (χ1n) is 12.4. The Balaban J connectivity index is 1.67. The van der Waals surface area contributed by atoms with Crippen molar-refractivity contribution in [3.05, 3.63) is 76.0 Å². The van der Waals surface area contributed by atoms with Crippen LogP contribution in [0.5, 0.6) is 0 Å². The molecule has 1 aliphatic rings. The maximum absolute atomic E-state index is 14.0. The van der Waals surface area contributed by atoms with Crippen LogP contribution in [0.4, 0.5) is 37.8 Å². The highest BCUT2D eigenvalue weighted by molar-refractivity contribution is 6.01. The normalized spacial score (nSPS) is 14.0. The van der Waals surface area contributed by atoms with Crippen molar-refractivity contribution in [2.45, 2.75) is 38.4 Å². The molecule has 0 radical (unpaired) electrons. The SMILES string of the molecule is COC(=O)c1ccc(C(C)NC(=O)c2c(C(F)(F)F)nn3c2N(Cc2cc(N(C)C)cc(C(F)(F)F)c2)CC3)cc1. The number of hydrogen-bond donors (Lipinski definition) is 1. The zero-order valence-electron chi connectivity index (χ0n) is 22.5. The van der Waals surface area contributed by atoms with Crippen LogP contribution in [-0.4, -0.2) is 49.4 Å². The number of anilines is 2. The van der Waals surface area contributed by atoms with Crippen LogP contribution in [0.25, 0.3) is 0 Å². The van der Waals surface area contributed by atoms with E-state index in [2.05, 4.69) is 15.2 Å². The monoisotopic (exact) mass is 583 g/mol. The summed E-state index contributed by atoms with van der Waals surface area (Å²) in [5.74, 6) is -1.75. The second-order valence-corrected chi connectivity index (χ2v) is 9.78. The molecule has 14 heteroatoms. The van der Waals surface area contributed by atoms with Crippen molar-refractivity contribution in [1.82, 2.24) is 15.1 Å². The predicted molar refractivity (Wildman–Crippen MR) is 138 cm³/mol. The van der Waals surface area contributed by atoms with Gasteiger partial charge >= 0.3 is 18.3 Å². The first kappa shape index (κ1) is 29.7. The van der Waals surface area contributed by atoms with Crippen LogP contribution in [0.2, 0.25) is 0 Å². The number of aromatic nitrogens is 2. The summed E-state index contributed by atoms with van der Waals surface area (Å²) in [5.41, 5.74) is -1.76. The molecule has 8 nitrogen and oxygen atoms in total. The summed E-state index contributed by atoms with van der Waals surface area (Å²) >= 11 is 0. The highest BCUT2D eigenvalue weighted by atomic mass is 19.4. The maximum atomic E-state index is 14.0. The van der Waals surface area contributed by atoms with Gasteiger partial charge < -0.3 is 19.9 Å². The van der Waals surface area contributed by atoms with Gasteiger partial charge in [0.15, 0.2) is 5.69 Å². The largest absolute Gasteiger partial charge is 0.465 e. The number of carbonyl (C=O) groups excluding carboxylic acids is 2. The van der Waals surface area contributed by atoms with Gasteiger partial charge in [-0.25, -0.2) is 9.48 Å². The summed E-state index contributed by atoms with van der Waals surface area (Å²) in [7, 11) is 4.37. The third-order valence-corrected chi connectivity index (χ3v) is 6.68. The van der Waals surface area contributed by atoms with E-state index in [1.807, 2.05) is 0 Å². The van der Waals surface area contributed by atoms with Gasteiger partial charge in [0.05, 0.1) is 30.8 Å². The molecule has 1 amide bonds. The summed E-state index contributed by atoms with van der Waals surface area (Å²) in [6.07, 6.45) is -9.59. The third-order valence-electron chi connectivity index (χ3n) is 6.68.